The first-order valence-corrected chi connectivity index (χ1v) is 8.51. The number of hydrogen-bond acceptors (Lipinski definition) is 3. The Hall–Kier alpha value is -1.93. The van der Waals surface area contributed by atoms with Crippen LogP contribution >= 0.6 is 11.6 Å². The molecule has 5 nitrogen and oxygen atoms in total. The third kappa shape index (κ3) is 2.73. The van der Waals surface area contributed by atoms with E-state index < -0.39 is 23.6 Å². The van der Waals surface area contributed by atoms with Gasteiger partial charge in [0.15, 0.2) is 0 Å². The van der Waals surface area contributed by atoms with Crippen LogP contribution in [0.2, 0.25) is 0 Å². The highest BCUT2D eigenvalue weighted by molar-refractivity contribution is 6.34. The minimum absolute atomic E-state index is 0.0875. The molecule has 9 heteroatoms. The fourth-order valence-corrected chi connectivity index (χ4v) is 3.76. The molecule has 1 saturated heterocycles. The van der Waals surface area contributed by atoms with Gasteiger partial charge in [0.1, 0.15) is 28.8 Å². The second-order valence-electron chi connectivity index (χ2n) is 6.59. The first kappa shape index (κ1) is 16.5. The van der Waals surface area contributed by atoms with Crippen molar-refractivity contribution in [2.75, 3.05) is 18.4 Å². The number of halogens is 4. The summed E-state index contributed by atoms with van der Waals surface area (Å²) in [5, 5.41) is 9.66. The van der Waals surface area contributed by atoms with Gasteiger partial charge in [-0.25, -0.2) is 23.1 Å². The highest BCUT2D eigenvalue weighted by atomic mass is 35.5. The van der Waals surface area contributed by atoms with Crippen LogP contribution in [0.4, 0.5) is 19.1 Å². The number of fused-ring (bicyclic) bond motifs is 1. The fourth-order valence-electron chi connectivity index (χ4n) is 3.48. The van der Waals surface area contributed by atoms with Gasteiger partial charge < -0.3 is 5.32 Å². The summed E-state index contributed by atoms with van der Waals surface area (Å²) in [4.78, 5) is 2.10. The number of aromatic amines is 1. The summed E-state index contributed by atoms with van der Waals surface area (Å²) in [5.41, 5.74) is -0.0901. The van der Waals surface area contributed by atoms with Crippen LogP contribution in [0.5, 0.6) is 0 Å². The average Bonchev–Trinajstić information content (AvgIpc) is 2.52. The Morgan fingerprint density at radius 3 is 2.36 bits per heavy atom. The molecule has 4 rings (SSSR count). The molecule has 0 bridgehead atoms. The Labute approximate surface area is 147 Å². The molecular weight excluding hydrogens is 355 g/mol. The van der Waals surface area contributed by atoms with Crippen LogP contribution in [0.25, 0.3) is 5.57 Å². The number of hydrogen-bond donors (Lipinski definition) is 2. The molecule has 2 aliphatic heterocycles. The van der Waals surface area contributed by atoms with Gasteiger partial charge in [-0.1, -0.05) is 18.5 Å². The highest BCUT2D eigenvalue weighted by Crippen LogP contribution is 2.43. The molecule has 2 aromatic rings. The lowest BCUT2D eigenvalue weighted by Crippen LogP contribution is -2.44. The van der Waals surface area contributed by atoms with Crippen molar-refractivity contribution in [3.8, 4) is 0 Å². The van der Waals surface area contributed by atoms with E-state index in [9.17, 15) is 13.2 Å². The quantitative estimate of drug-likeness (QED) is 0.787. The van der Waals surface area contributed by atoms with Gasteiger partial charge in [0.05, 0.1) is 5.56 Å². The van der Waals surface area contributed by atoms with Crippen molar-refractivity contribution in [1.29, 1.82) is 0 Å². The Morgan fingerprint density at radius 1 is 1.16 bits per heavy atom. The number of anilines is 1. The number of rotatable bonds is 2. The molecule has 0 radical (unpaired) electrons. The van der Waals surface area contributed by atoms with Crippen molar-refractivity contribution in [1.82, 2.24) is 19.9 Å². The summed E-state index contributed by atoms with van der Waals surface area (Å²) in [7, 11) is 0. The zero-order valence-corrected chi connectivity index (χ0v) is 14.2. The lowest BCUT2D eigenvalue weighted by molar-refractivity contribution is 0.112. The molecule has 0 spiro atoms. The molecule has 1 unspecified atom stereocenters. The van der Waals surface area contributed by atoms with Crippen LogP contribution in [-0.4, -0.2) is 33.0 Å². The van der Waals surface area contributed by atoms with Gasteiger partial charge in [0, 0.05) is 30.8 Å². The maximum Gasteiger partial charge on any atom is 0.245 e. The van der Waals surface area contributed by atoms with E-state index in [1.165, 1.54) is 0 Å². The predicted octanol–water partition coefficient (Wildman–Crippen LogP) is 3.89. The highest BCUT2D eigenvalue weighted by Gasteiger charge is 2.38. The lowest BCUT2D eigenvalue weighted by atomic mass is 9.95. The molecule has 0 saturated carbocycles. The molecule has 2 aliphatic rings. The summed E-state index contributed by atoms with van der Waals surface area (Å²) in [6.07, 6.45) is 1.43. The number of likely N-dealkylation sites (tertiary alicyclic amines) is 1. The summed E-state index contributed by atoms with van der Waals surface area (Å²) < 4.78 is 43.9. The van der Waals surface area contributed by atoms with Gasteiger partial charge in [-0.2, -0.15) is 0 Å². The first-order valence-electron chi connectivity index (χ1n) is 8.14. The number of aromatic nitrogens is 3. The van der Waals surface area contributed by atoms with E-state index in [1.54, 1.807) is 4.68 Å². The van der Waals surface area contributed by atoms with Crippen LogP contribution in [0.3, 0.4) is 0 Å². The smallest absolute Gasteiger partial charge is 0.245 e. The maximum absolute atomic E-state index is 14.4. The third-order valence-corrected chi connectivity index (χ3v) is 5.19. The average molecular weight is 372 g/mol. The molecule has 2 N–H and O–H groups in total. The van der Waals surface area contributed by atoms with Gasteiger partial charge in [0.25, 0.3) is 0 Å². The lowest BCUT2D eigenvalue weighted by Gasteiger charge is -2.42. The van der Waals surface area contributed by atoms with Crippen molar-refractivity contribution in [2.24, 2.45) is 5.92 Å². The summed E-state index contributed by atoms with van der Waals surface area (Å²) in [6.45, 7) is 3.70. The molecule has 1 aromatic heterocycles. The zero-order chi connectivity index (χ0) is 17.7. The number of nitrogens with one attached hydrogen (secondary N) is 2. The molecule has 0 amide bonds. The van der Waals surface area contributed by atoms with E-state index in [4.69, 9.17) is 11.6 Å². The van der Waals surface area contributed by atoms with E-state index in [2.05, 4.69) is 27.5 Å². The van der Waals surface area contributed by atoms with Crippen molar-refractivity contribution in [2.45, 2.75) is 25.9 Å². The SMILES string of the molecule is CC1CCN(C2C(c3c(F)cc(F)cc3F)=C(Cl)Nc3n[nH]n32)CC1. The Balaban J connectivity index is 1.82. The molecule has 1 aromatic carbocycles. The molecule has 134 valence electrons. The summed E-state index contributed by atoms with van der Waals surface area (Å²) >= 11 is 6.32. The Morgan fingerprint density at radius 2 is 1.80 bits per heavy atom. The minimum atomic E-state index is -0.983. The number of piperidine rings is 1. The van der Waals surface area contributed by atoms with Crippen molar-refractivity contribution < 1.29 is 13.2 Å². The predicted molar refractivity (Wildman–Crippen MR) is 88.3 cm³/mol. The molecule has 1 atom stereocenters. The van der Waals surface area contributed by atoms with Gasteiger partial charge in [0.2, 0.25) is 5.95 Å². The van der Waals surface area contributed by atoms with Crippen molar-refractivity contribution in [3.05, 3.63) is 40.3 Å². The largest absolute Gasteiger partial charge is 0.313 e. The Kier molecular flexibility index (Phi) is 4.04. The number of H-pyrrole nitrogens is 1. The zero-order valence-electron chi connectivity index (χ0n) is 13.5. The molecule has 0 aliphatic carbocycles. The Bertz CT molecular complexity index is 812. The van der Waals surface area contributed by atoms with Gasteiger partial charge in [-0.05, 0) is 18.8 Å². The fraction of sp³-hybridized carbons (Fsp3) is 0.438. The first-order chi connectivity index (χ1) is 12.0. The minimum Gasteiger partial charge on any atom is -0.313 e. The summed E-state index contributed by atoms with van der Waals surface area (Å²) in [5.74, 6) is -1.85. The second-order valence-corrected chi connectivity index (χ2v) is 6.97. The maximum atomic E-state index is 14.4. The van der Waals surface area contributed by atoms with Crippen LogP contribution < -0.4 is 5.32 Å². The van der Waals surface area contributed by atoms with E-state index in [1.807, 2.05) is 0 Å². The normalized spacial score (nSPS) is 22.2. The van der Waals surface area contributed by atoms with Crippen LogP contribution in [-0.2, 0) is 0 Å². The molecular formula is C16H17ClF3N5. The van der Waals surface area contributed by atoms with Gasteiger partial charge in [-0.3, -0.25) is 4.90 Å². The number of nitrogens with zero attached hydrogens (tertiary/aromatic N) is 3. The van der Waals surface area contributed by atoms with Crippen molar-refractivity contribution >= 4 is 23.1 Å². The standard InChI is InChI=1S/C16H17ClF3N5/c1-8-2-4-24(5-3-8)15-13(14(17)21-16-22-23-25(15)16)12-10(19)6-9(18)7-11(12)20/h6-8,15,23H,2-5H2,1H3,(H,21,22). The van der Waals surface area contributed by atoms with Crippen LogP contribution in [0.15, 0.2) is 17.3 Å². The van der Waals surface area contributed by atoms with Crippen molar-refractivity contribution in [3.63, 3.8) is 0 Å². The van der Waals surface area contributed by atoms with E-state index in [0.717, 1.165) is 25.9 Å². The monoisotopic (exact) mass is 371 g/mol. The third-order valence-electron chi connectivity index (χ3n) is 4.89. The second kappa shape index (κ2) is 6.10. The topological polar surface area (TPSA) is 48.9 Å². The van der Waals surface area contributed by atoms with Gasteiger partial charge >= 0.3 is 0 Å². The summed E-state index contributed by atoms with van der Waals surface area (Å²) in [6, 6.07) is 1.33. The molecule has 1 fully saturated rings. The van der Waals surface area contributed by atoms with E-state index in [0.29, 0.717) is 24.0 Å². The van der Waals surface area contributed by atoms with Crippen LogP contribution in [0.1, 0.15) is 31.5 Å². The van der Waals surface area contributed by atoms with E-state index >= 15 is 0 Å². The van der Waals surface area contributed by atoms with E-state index in [-0.39, 0.29) is 16.3 Å². The number of benzene rings is 1. The molecule has 3 heterocycles. The van der Waals surface area contributed by atoms with Gasteiger partial charge in [-0.15, -0.1) is 5.10 Å². The van der Waals surface area contributed by atoms with Crippen LogP contribution in [0, 0.1) is 23.4 Å². The molecule has 25 heavy (non-hydrogen) atoms.